The van der Waals surface area contributed by atoms with Gasteiger partial charge in [-0.05, 0) is 13.3 Å². The van der Waals surface area contributed by atoms with Gasteiger partial charge < -0.3 is 9.64 Å². The van der Waals surface area contributed by atoms with Crippen LogP contribution < -0.4 is 0 Å². The van der Waals surface area contributed by atoms with E-state index in [1.165, 1.54) is 122 Å². The van der Waals surface area contributed by atoms with Crippen LogP contribution in [0.5, 0.6) is 0 Å². The van der Waals surface area contributed by atoms with Crippen LogP contribution in [0.25, 0.3) is 0 Å². The van der Waals surface area contributed by atoms with Crippen LogP contribution in [0, 0.1) is 0 Å². The Hall–Kier alpha value is -0.730. The van der Waals surface area contributed by atoms with Gasteiger partial charge in [0.1, 0.15) is 0 Å². The third-order valence-electron chi connectivity index (χ3n) is 5.93. The lowest BCUT2D eigenvalue weighted by Gasteiger charge is -2.15. The molecule has 29 heavy (non-hydrogen) atoms. The van der Waals surface area contributed by atoms with E-state index in [0.29, 0.717) is 6.61 Å². The molecule has 0 fully saturated rings. The molecule has 0 aliphatic carbocycles. The second-order valence-corrected chi connectivity index (χ2v) is 8.84. The van der Waals surface area contributed by atoms with Crippen LogP contribution in [-0.2, 0) is 4.74 Å². The van der Waals surface area contributed by atoms with E-state index in [4.69, 9.17) is 4.74 Å². The monoisotopic (exact) mass is 411 g/mol. The predicted octanol–water partition coefficient (Wildman–Crippen LogP) is 8.90. The zero-order valence-corrected chi connectivity index (χ0v) is 20.3. The highest BCUT2D eigenvalue weighted by molar-refractivity contribution is 5.67. The maximum atomic E-state index is 11.5. The molecular formula is C26H53NO2. The third-order valence-corrected chi connectivity index (χ3v) is 5.93. The summed E-state index contributed by atoms with van der Waals surface area (Å²) in [7, 11) is 1.83. The highest BCUT2D eigenvalue weighted by atomic mass is 16.5. The summed E-state index contributed by atoms with van der Waals surface area (Å²) in [6, 6.07) is 0. The molecule has 0 aliphatic heterocycles. The van der Waals surface area contributed by atoms with Gasteiger partial charge >= 0.3 is 6.09 Å². The molecule has 0 aliphatic rings. The number of rotatable bonds is 22. The Balaban J connectivity index is 3.11. The second-order valence-electron chi connectivity index (χ2n) is 8.84. The smallest absolute Gasteiger partial charge is 0.409 e. The van der Waals surface area contributed by atoms with Crippen molar-refractivity contribution in [1.82, 2.24) is 4.90 Å². The second kappa shape index (κ2) is 23.5. The van der Waals surface area contributed by atoms with Gasteiger partial charge in [-0.3, -0.25) is 0 Å². The van der Waals surface area contributed by atoms with Crippen molar-refractivity contribution in [2.75, 3.05) is 20.2 Å². The lowest BCUT2D eigenvalue weighted by atomic mass is 10.0. The summed E-state index contributed by atoms with van der Waals surface area (Å²) >= 11 is 0. The summed E-state index contributed by atoms with van der Waals surface area (Å²) < 4.78 is 4.98. The predicted molar refractivity (Wildman–Crippen MR) is 128 cm³/mol. The van der Waals surface area contributed by atoms with E-state index in [0.717, 1.165) is 13.0 Å². The fourth-order valence-electron chi connectivity index (χ4n) is 3.93. The van der Waals surface area contributed by atoms with Gasteiger partial charge in [0.25, 0.3) is 0 Å². The average molecular weight is 412 g/mol. The van der Waals surface area contributed by atoms with E-state index in [1.807, 2.05) is 14.0 Å². The van der Waals surface area contributed by atoms with Crippen molar-refractivity contribution in [3.05, 3.63) is 0 Å². The highest BCUT2D eigenvalue weighted by Crippen LogP contribution is 2.14. The lowest BCUT2D eigenvalue weighted by Crippen LogP contribution is -2.28. The van der Waals surface area contributed by atoms with Crippen LogP contribution in [0.15, 0.2) is 0 Å². The zero-order chi connectivity index (χ0) is 21.4. The van der Waals surface area contributed by atoms with Crippen LogP contribution in [0.2, 0.25) is 0 Å². The molecule has 0 rings (SSSR count). The Bertz CT molecular complexity index is 333. The Kier molecular flexibility index (Phi) is 23.0. The summed E-state index contributed by atoms with van der Waals surface area (Å²) in [5.41, 5.74) is 0. The normalized spacial score (nSPS) is 11.0. The molecule has 0 bridgehead atoms. The first kappa shape index (κ1) is 28.3. The van der Waals surface area contributed by atoms with Gasteiger partial charge in [0.15, 0.2) is 0 Å². The minimum absolute atomic E-state index is 0.190. The Labute approximate surface area is 183 Å². The van der Waals surface area contributed by atoms with Crippen molar-refractivity contribution in [3.8, 4) is 0 Å². The molecule has 0 aromatic heterocycles. The molecule has 0 saturated heterocycles. The summed E-state index contributed by atoms with van der Waals surface area (Å²) in [5.74, 6) is 0. The van der Waals surface area contributed by atoms with E-state index in [-0.39, 0.29) is 6.09 Å². The van der Waals surface area contributed by atoms with Crippen molar-refractivity contribution in [1.29, 1.82) is 0 Å². The van der Waals surface area contributed by atoms with Gasteiger partial charge in [0.2, 0.25) is 0 Å². The van der Waals surface area contributed by atoms with Crippen LogP contribution >= 0.6 is 0 Å². The molecule has 0 N–H and O–H groups in total. The lowest BCUT2D eigenvalue weighted by molar-refractivity contribution is 0.115. The molecule has 0 saturated carbocycles. The van der Waals surface area contributed by atoms with E-state index in [1.54, 1.807) is 4.90 Å². The first-order valence-corrected chi connectivity index (χ1v) is 13.1. The quantitative estimate of drug-likeness (QED) is 0.166. The summed E-state index contributed by atoms with van der Waals surface area (Å²) in [6.07, 6.45) is 27.8. The number of carbonyl (C=O) groups excluding carboxylic acids is 1. The fourth-order valence-corrected chi connectivity index (χ4v) is 3.93. The van der Waals surface area contributed by atoms with Crippen LogP contribution in [0.4, 0.5) is 4.79 Å². The largest absolute Gasteiger partial charge is 0.450 e. The Morgan fingerprint density at radius 2 is 0.862 bits per heavy atom. The topological polar surface area (TPSA) is 29.5 Å². The minimum atomic E-state index is -0.190. The van der Waals surface area contributed by atoms with Gasteiger partial charge in [-0.1, -0.05) is 129 Å². The molecule has 0 radical (unpaired) electrons. The van der Waals surface area contributed by atoms with E-state index in [2.05, 4.69) is 6.92 Å². The van der Waals surface area contributed by atoms with E-state index >= 15 is 0 Å². The fraction of sp³-hybridized carbons (Fsp3) is 0.962. The Morgan fingerprint density at radius 3 is 1.17 bits per heavy atom. The molecule has 3 nitrogen and oxygen atoms in total. The zero-order valence-electron chi connectivity index (χ0n) is 20.3. The van der Waals surface area contributed by atoms with E-state index < -0.39 is 0 Å². The third kappa shape index (κ3) is 21.8. The number of carbonyl (C=O) groups is 1. The number of amides is 1. The Morgan fingerprint density at radius 1 is 0.552 bits per heavy atom. The highest BCUT2D eigenvalue weighted by Gasteiger charge is 2.07. The van der Waals surface area contributed by atoms with Crippen LogP contribution in [-0.4, -0.2) is 31.2 Å². The number of unbranched alkanes of at least 4 members (excludes halogenated alkanes) is 19. The van der Waals surface area contributed by atoms with Crippen molar-refractivity contribution in [2.45, 2.75) is 142 Å². The number of hydrogen-bond donors (Lipinski definition) is 0. The molecular weight excluding hydrogens is 358 g/mol. The maximum absolute atomic E-state index is 11.5. The van der Waals surface area contributed by atoms with Crippen molar-refractivity contribution in [2.24, 2.45) is 0 Å². The molecule has 0 heterocycles. The minimum Gasteiger partial charge on any atom is -0.450 e. The molecule has 1 amide bonds. The number of nitrogens with zero attached hydrogens (tertiary/aromatic N) is 1. The van der Waals surface area contributed by atoms with Crippen LogP contribution in [0.1, 0.15) is 142 Å². The maximum Gasteiger partial charge on any atom is 0.409 e. The van der Waals surface area contributed by atoms with Crippen molar-refractivity contribution < 1.29 is 9.53 Å². The van der Waals surface area contributed by atoms with Crippen molar-refractivity contribution in [3.63, 3.8) is 0 Å². The molecule has 3 heteroatoms. The van der Waals surface area contributed by atoms with Gasteiger partial charge in [0.05, 0.1) is 6.61 Å². The first-order valence-electron chi connectivity index (χ1n) is 13.1. The number of ether oxygens (including phenoxy) is 1. The van der Waals surface area contributed by atoms with Gasteiger partial charge in [-0.15, -0.1) is 0 Å². The molecule has 0 spiro atoms. The molecule has 0 unspecified atom stereocenters. The first-order chi connectivity index (χ1) is 14.2. The number of hydrogen-bond acceptors (Lipinski definition) is 2. The van der Waals surface area contributed by atoms with Gasteiger partial charge in [-0.25, -0.2) is 4.79 Å². The molecule has 0 atom stereocenters. The molecule has 0 aromatic carbocycles. The summed E-state index contributed by atoms with van der Waals surface area (Å²) in [6.45, 7) is 5.42. The average Bonchev–Trinajstić information content (AvgIpc) is 2.72. The standard InChI is InChI=1S/C26H53NO2/c1-4-6-7-8-9-10-11-12-13-14-15-16-17-18-19-20-21-22-23-24-25-27(3)26(28)29-5-2/h4-25H2,1-3H3. The van der Waals surface area contributed by atoms with Crippen LogP contribution in [0.3, 0.4) is 0 Å². The van der Waals surface area contributed by atoms with Gasteiger partial charge in [0, 0.05) is 13.6 Å². The summed E-state index contributed by atoms with van der Waals surface area (Å²) in [5, 5.41) is 0. The molecule has 0 aromatic rings. The SMILES string of the molecule is CCCCCCCCCCCCCCCCCCCCCCN(C)C(=O)OCC. The van der Waals surface area contributed by atoms with Gasteiger partial charge in [-0.2, -0.15) is 0 Å². The molecule has 174 valence electrons. The van der Waals surface area contributed by atoms with Crippen molar-refractivity contribution >= 4 is 6.09 Å². The summed E-state index contributed by atoms with van der Waals surface area (Å²) in [4.78, 5) is 13.2. The van der Waals surface area contributed by atoms with E-state index in [9.17, 15) is 4.79 Å².